The second-order valence-electron chi connectivity index (χ2n) is 5.84. The van der Waals surface area contributed by atoms with E-state index in [1.807, 2.05) is 48.5 Å². The number of ether oxygens (including phenoxy) is 2. The van der Waals surface area contributed by atoms with Crippen LogP contribution in [-0.2, 0) is 4.79 Å². The zero-order valence-corrected chi connectivity index (χ0v) is 12.6. The molecule has 1 fully saturated rings. The number of rotatable bonds is 5. The van der Waals surface area contributed by atoms with Gasteiger partial charge in [-0.3, -0.25) is 4.79 Å². The van der Waals surface area contributed by atoms with Crippen LogP contribution in [0.25, 0.3) is 0 Å². The van der Waals surface area contributed by atoms with Crippen LogP contribution in [0.3, 0.4) is 0 Å². The number of benzene rings is 2. The van der Waals surface area contributed by atoms with Gasteiger partial charge in [0.05, 0.1) is 0 Å². The number of fused-ring (bicyclic) bond motifs is 1. The monoisotopic (exact) mass is 310 g/mol. The number of nitrogens with one attached hydrogen (secondary N) is 2. The Hall–Kier alpha value is -2.69. The Labute approximate surface area is 134 Å². The molecule has 1 saturated carbocycles. The van der Waals surface area contributed by atoms with Gasteiger partial charge in [0.25, 0.3) is 0 Å². The Morgan fingerprint density at radius 1 is 1.04 bits per heavy atom. The first-order valence-corrected chi connectivity index (χ1v) is 7.81. The van der Waals surface area contributed by atoms with E-state index in [1.54, 1.807) is 0 Å². The lowest BCUT2D eigenvalue weighted by atomic mass is 10.1. The van der Waals surface area contributed by atoms with E-state index in [0.29, 0.717) is 11.8 Å². The first-order chi connectivity index (χ1) is 11.3. The topological polar surface area (TPSA) is 59.6 Å². The van der Waals surface area contributed by atoms with E-state index in [1.165, 1.54) is 0 Å². The minimum Gasteiger partial charge on any atom is -0.454 e. The summed E-state index contributed by atoms with van der Waals surface area (Å²) in [4.78, 5) is 12.6. The molecule has 4 rings (SSSR count). The summed E-state index contributed by atoms with van der Waals surface area (Å²) in [7, 11) is 0. The highest BCUT2D eigenvalue weighted by atomic mass is 16.7. The molecular formula is C18H18N2O3. The summed E-state index contributed by atoms with van der Waals surface area (Å²) in [5.41, 5.74) is 1.76. The SMILES string of the molecule is O=C(NC1CC1)C(Nc1ccc2c(c1)OCO2)c1ccccc1. The summed E-state index contributed by atoms with van der Waals surface area (Å²) in [6.45, 7) is 0.239. The van der Waals surface area contributed by atoms with Gasteiger partial charge >= 0.3 is 0 Å². The first-order valence-electron chi connectivity index (χ1n) is 7.81. The van der Waals surface area contributed by atoms with Crippen molar-refractivity contribution in [3.8, 4) is 11.5 Å². The quantitative estimate of drug-likeness (QED) is 0.891. The van der Waals surface area contributed by atoms with Crippen molar-refractivity contribution < 1.29 is 14.3 Å². The van der Waals surface area contributed by atoms with Crippen molar-refractivity contribution in [3.05, 3.63) is 54.1 Å². The van der Waals surface area contributed by atoms with E-state index >= 15 is 0 Å². The van der Waals surface area contributed by atoms with Gasteiger partial charge in [0.1, 0.15) is 6.04 Å². The van der Waals surface area contributed by atoms with Crippen molar-refractivity contribution in [2.45, 2.75) is 24.9 Å². The maximum atomic E-state index is 12.6. The lowest BCUT2D eigenvalue weighted by molar-refractivity contribution is -0.122. The van der Waals surface area contributed by atoms with Crippen LogP contribution in [0.1, 0.15) is 24.4 Å². The van der Waals surface area contributed by atoms with E-state index in [-0.39, 0.29) is 12.7 Å². The van der Waals surface area contributed by atoms with Gasteiger partial charge in [0.15, 0.2) is 11.5 Å². The predicted octanol–water partition coefficient (Wildman–Crippen LogP) is 2.85. The van der Waals surface area contributed by atoms with E-state index < -0.39 is 6.04 Å². The summed E-state index contributed by atoms with van der Waals surface area (Å²) in [5.74, 6) is 1.43. The van der Waals surface area contributed by atoms with Crippen LogP contribution in [-0.4, -0.2) is 18.7 Å². The van der Waals surface area contributed by atoms with Crippen LogP contribution < -0.4 is 20.1 Å². The molecule has 0 saturated heterocycles. The lowest BCUT2D eigenvalue weighted by Crippen LogP contribution is -2.34. The third kappa shape index (κ3) is 3.08. The summed E-state index contributed by atoms with van der Waals surface area (Å²) < 4.78 is 10.7. The number of hydrogen-bond donors (Lipinski definition) is 2. The molecule has 5 heteroatoms. The van der Waals surface area contributed by atoms with Crippen LogP contribution in [0.15, 0.2) is 48.5 Å². The van der Waals surface area contributed by atoms with Crippen molar-refractivity contribution in [2.24, 2.45) is 0 Å². The van der Waals surface area contributed by atoms with E-state index in [0.717, 1.165) is 29.8 Å². The van der Waals surface area contributed by atoms with Crippen molar-refractivity contribution in [3.63, 3.8) is 0 Å². The number of amides is 1. The molecule has 0 aromatic heterocycles. The smallest absolute Gasteiger partial charge is 0.247 e. The van der Waals surface area contributed by atoms with E-state index in [2.05, 4.69) is 10.6 Å². The molecule has 0 bridgehead atoms. The first kappa shape index (κ1) is 13.9. The Bertz CT molecular complexity index is 713. The molecule has 1 atom stereocenters. The molecule has 23 heavy (non-hydrogen) atoms. The van der Waals surface area contributed by atoms with Gasteiger partial charge in [0, 0.05) is 17.8 Å². The Balaban J connectivity index is 1.58. The molecule has 5 nitrogen and oxygen atoms in total. The highest BCUT2D eigenvalue weighted by Crippen LogP contribution is 2.35. The molecule has 1 amide bonds. The van der Waals surface area contributed by atoms with Crippen LogP contribution >= 0.6 is 0 Å². The van der Waals surface area contributed by atoms with Crippen LogP contribution in [0.5, 0.6) is 11.5 Å². The molecule has 0 spiro atoms. The second-order valence-corrected chi connectivity index (χ2v) is 5.84. The van der Waals surface area contributed by atoms with Crippen molar-refractivity contribution >= 4 is 11.6 Å². The number of carbonyl (C=O) groups is 1. The van der Waals surface area contributed by atoms with E-state index in [4.69, 9.17) is 9.47 Å². The fourth-order valence-corrected chi connectivity index (χ4v) is 2.61. The minimum atomic E-state index is -0.433. The minimum absolute atomic E-state index is 0.00336. The van der Waals surface area contributed by atoms with Crippen molar-refractivity contribution in [1.82, 2.24) is 5.32 Å². The molecule has 2 aromatic carbocycles. The largest absolute Gasteiger partial charge is 0.454 e. The zero-order chi connectivity index (χ0) is 15.6. The zero-order valence-electron chi connectivity index (χ0n) is 12.6. The van der Waals surface area contributed by atoms with Crippen LogP contribution in [0.4, 0.5) is 5.69 Å². The predicted molar refractivity (Wildman–Crippen MR) is 86.5 cm³/mol. The standard InChI is InChI=1S/C18H18N2O3/c21-18(20-13-6-7-13)17(12-4-2-1-3-5-12)19-14-8-9-15-16(10-14)23-11-22-15/h1-5,8-10,13,17,19H,6-7,11H2,(H,20,21). The highest BCUT2D eigenvalue weighted by molar-refractivity contribution is 5.86. The molecule has 2 aliphatic rings. The molecule has 1 unspecified atom stereocenters. The molecule has 2 aromatic rings. The van der Waals surface area contributed by atoms with Gasteiger partial charge in [-0.1, -0.05) is 30.3 Å². The van der Waals surface area contributed by atoms with Gasteiger partial charge in [-0.05, 0) is 30.5 Å². The van der Waals surface area contributed by atoms with Crippen LogP contribution in [0.2, 0.25) is 0 Å². The normalized spacial score (nSPS) is 16.7. The molecular weight excluding hydrogens is 292 g/mol. The van der Waals surface area contributed by atoms with Crippen LogP contribution in [0, 0.1) is 0 Å². The Morgan fingerprint density at radius 3 is 2.61 bits per heavy atom. The van der Waals surface area contributed by atoms with E-state index in [9.17, 15) is 4.79 Å². The third-order valence-corrected chi connectivity index (χ3v) is 4.00. The van der Waals surface area contributed by atoms with Crippen molar-refractivity contribution in [1.29, 1.82) is 0 Å². The fourth-order valence-electron chi connectivity index (χ4n) is 2.61. The fraction of sp³-hybridized carbons (Fsp3) is 0.278. The molecule has 1 heterocycles. The Morgan fingerprint density at radius 2 is 1.83 bits per heavy atom. The molecule has 118 valence electrons. The average Bonchev–Trinajstić information content (AvgIpc) is 3.27. The average molecular weight is 310 g/mol. The summed E-state index contributed by atoms with van der Waals surface area (Å²) in [6.07, 6.45) is 2.13. The summed E-state index contributed by atoms with van der Waals surface area (Å²) >= 11 is 0. The maximum absolute atomic E-state index is 12.6. The molecule has 1 aliphatic heterocycles. The highest BCUT2D eigenvalue weighted by Gasteiger charge is 2.28. The van der Waals surface area contributed by atoms with Gasteiger partial charge in [-0.15, -0.1) is 0 Å². The summed E-state index contributed by atoms with van der Waals surface area (Å²) in [6, 6.07) is 15.2. The van der Waals surface area contributed by atoms with Gasteiger partial charge in [-0.25, -0.2) is 0 Å². The second kappa shape index (κ2) is 5.83. The van der Waals surface area contributed by atoms with Gasteiger partial charge in [-0.2, -0.15) is 0 Å². The third-order valence-electron chi connectivity index (χ3n) is 4.00. The molecule has 2 N–H and O–H groups in total. The number of hydrogen-bond acceptors (Lipinski definition) is 4. The number of carbonyl (C=O) groups excluding carboxylic acids is 1. The molecule has 1 aliphatic carbocycles. The van der Waals surface area contributed by atoms with Gasteiger partial charge in [0.2, 0.25) is 12.7 Å². The number of anilines is 1. The Kier molecular flexibility index (Phi) is 3.54. The van der Waals surface area contributed by atoms with Crippen molar-refractivity contribution in [2.75, 3.05) is 12.1 Å². The lowest BCUT2D eigenvalue weighted by Gasteiger charge is -2.20. The summed E-state index contributed by atoms with van der Waals surface area (Å²) in [5, 5.41) is 6.38. The molecule has 0 radical (unpaired) electrons. The van der Waals surface area contributed by atoms with Gasteiger partial charge < -0.3 is 20.1 Å². The maximum Gasteiger partial charge on any atom is 0.247 e.